The van der Waals surface area contributed by atoms with E-state index in [0.29, 0.717) is 19.4 Å². The number of amides is 1. The van der Waals surface area contributed by atoms with Crippen molar-refractivity contribution in [2.75, 3.05) is 13.7 Å². The summed E-state index contributed by atoms with van der Waals surface area (Å²) in [6.45, 7) is 5.21. The zero-order chi connectivity index (χ0) is 27.0. The van der Waals surface area contributed by atoms with Crippen molar-refractivity contribution in [3.05, 3.63) is 71.3 Å². The molecule has 3 rings (SSSR count). The number of benzene rings is 2. The number of ketones is 1. The third-order valence-corrected chi connectivity index (χ3v) is 6.84. The first kappa shape index (κ1) is 27.9. The molecule has 3 atom stereocenters. The lowest BCUT2D eigenvalue weighted by atomic mass is 9.79. The Morgan fingerprint density at radius 2 is 1.73 bits per heavy atom. The van der Waals surface area contributed by atoms with Crippen LogP contribution in [0.3, 0.4) is 0 Å². The summed E-state index contributed by atoms with van der Waals surface area (Å²) >= 11 is 0. The lowest BCUT2D eigenvalue weighted by molar-refractivity contribution is -0.160. The van der Waals surface area contributed by atoms with E-state index in [9.17, 15) is 19.2 Å². The van der Waals surface area contributed by atoms with Crippen LogP contribution in [-0.4, -0.2) is 54.0 Å². The van der Waals surface area contributed by atoms with Crippen molar-refractivity contribution < 1.29 is 33.4 Å². The van der Waals surface area contributed by atoms with E-state index in [2.05, 4.69) is 0 Å². The average Bonchev–Trinajstić information content (AvgIpc) is 3.30. The summed E-state index contributed by atoms with van der Waals surface area (Å²) in [5, 5.41) is 0. The number of likely N-dealkylation sites (tertiary alicyclic amines) is 1. The van der Waals surface area contributed by atoms with Crippen molar-refractivity contribution in [2.45, 2.75) is 64.7 Å². The Morgan fingerprint density at radius 3 is 2.38 bits per heavy atom. The zero-order valence-electron chi connectivity index (χ0n) is 21.9. The fraction of sp³-hybridized carbons (Fsp3) is 0.448. The normalized spacial score (nSPS) is 18.5. The molecule has 2 aromatic rings. The van der Waals surface area contributed by atoms with Gasteiger partial charge in [-0.05, 0) is 37.8 Å². The first-order chi connectivity index (χ1) is 17.7. The van der Waals surface area contributed by atoms with Crippen molar-refractivity contribution in [1.29, 1.82) is 0 Å². The minimum absolute atomic E-state index is 0.0825. The minimum atomic E-state index is -1.20. The molecule has 1 saturated heterocycles. The van der Waals surface area contributed by atoms with Gasteiger partial charge < -0.3 is 14.2 Å². The topological polar surface area (TPSA) is 99.2 Å². The number of ether oxygens (including phenoxy) is 3. The average molecular weight is 510 g/mol. The van der Waals surface area contributed by atoms with Crippen molar-refractivity contribution >= 4 is 23.8 Å². The van der Waals surface area contributed by atoms with E-state index in [1.807, 2.05) is 61.5 Å². The molecule has 0 aromatic heterocycles. The highest BCUT2D eigenvalue weighted by atomic mass is 16.6. The molecule has 0 radical (unpaired) electrons. The van der Waals surface area contributed by atoms with E-state index in [-0.39, 0.29) is 25.2 Å². The van der Waals surface area contributed by atoms with Crippen molar-refractivity contribution in [1.82, 2.24) is 4.90 Å². The Morgan fingerprint density at radius 1 is 1.03 bits per heavy atom. The monoisotopic (exact) mass is 509 g/mol. The Labute approximate surface area is 217 Å². The maximum atomic E-state index is 14.1. The molecule has 2 aromatic carbocycles. The molecule has 0 spiro atoms. The second-order valence-electron chi connectivity index (χ2n) is 9.56. The molecule has 8 heteroatoms. The molecular formula is C29H35NO7. The molecule has 1 fully saturated rings. The smallest absolute Gasteiger partial charge is 0.410 e. The molecule has 198 valence electrons. The third-order valence-electron chi connectivity index (χ3n) is 6.84. The van der Waals surface area contributed by atoms with E-state index in [0.717, 1.165) is 16.7 Å². The first-order valence-electron chi connectivity index (χ1n) is 12.5. The summed E-state index contributed by atoms with van der Waals surface area (Å²) in [4.78, 5) is 53.1. The van der Waals surface area contributed by atoms with Gasteiger partial charge in [0, 0.05) is 26.3 Å². The van der Waals surface area contributed by atoms with Crippen LogP contribution in [0, 0.1) is 12.8 Å². The Balaban J connectivity index is 1.92. The van der Waals surface area contributed by atoms with Crippen LogP contribution in [0.2, 0.25) is 0 Å². The molecule has 1 aliphatic heterocycles. The van der Waals surface area contributed by atoms with E-state index in [1.165, 1.54) is 18.9 Å². The Kier molecular flexibility index (Phi) is 9.44. The molecule has 0 saturated carbocycles. The SMILES string of the molecule is COC(=O)[C@@H](CC(=O)C1(Cc2cccc(C)c2)CCCN1C(=O)OCc1ccccc1)[C@@H](C)OC(C)=O. The highest BCUT2D eigenvalue weighted by molar-refractivity contribution is 5.95. The first-order valence-corrected chi connectivity index (χ1v) is 12.5. The number of methoxy groups -OCH3 is 1. The van der Waals surface area contributed by atoms with E-state index in [1.54, 1.807) is 6.92 Å². The molecule has 0 bridgehead atoms. The second-order valence-corrected chi connectivity index (χ2v) is 9.56. The van der Waals surface area contributed by atoms with Crippen LogP contribution < -0.4 is 0 Å². The fourth-order valence-corrected chi connectivity index (χ4v) is 5.00. The lowest BCUT2D eigenvalue weighted by Crippen LogP contribution is -2.55. The number of hydrogen-bond acceptors (Lipinski definition) is 7. The number of rotatable bonds is 10. The predicted molar refractivity (Wildman–Crippen MR) is 137 cm³/mol. The van der Waals surface area contributed by atoms with Crippen molar-refractivity contribution in [3.8, 4) is 0 Å². The van der Waals surface area contributed by atoms with Gasteiger partial charge in [-0.2, -0.15) is 0 Å². The van der Waals surface area contributed by atoms with Gasteiger partial charge in [0.25, 0.3) is 0 Å². The number of aryl methyl sites for hydroxylation is 1. The van der Waals surface area contributed by atoms with Crippen LogP contribution in [-0.2, 0) is 41.6 Å². The Hall–Kier alpha value is -3.68. The molecule has 8 nitrogen and oxygen atoms in total. The molecule has 0 aliphatic carbocycles. The quantitative estimate of drug-likeness (QED) is 0.346. The fourth-order valence-electron chi connectivity index (χ4n) is 5.00. The maximum absolute atomic E-state index is 14.1. The van der Waals surface area contributed by atoms with Crippen LogP contribution in [0.25, 0.3) is 0 Å². The lowest BCUT2D eigenvalue weighted by Gasteiger charge is -2.38. The van der Waals surface area contributed by atoms with Gasteiger partial charge in [0.05, 0.1) is 7.11 Å². The summed E-state index contributed by atoms with van der Waals surface area (Å²) in [5.74, 6) is -2.50. The zero-order valence-corrected chi connectivity index (χ0v) is 21.9. The van der Waals surface area contributed by atoms with Gasteiger partial charge in [-0.3, -0.25) is 19.3 Å². The van der Waals surface area contributed by atoms with Crippen molar-refractivity contribution in [3.63, 3.8) is 0 Å². The summed E-state index contributed by atoms with van der Waals surface area (Å²) in [6, 6.07) is 17.1. The van der Waals surface area contributed by atoms with Crippen LogP contribution in [0.4, 0.5) is 4.79 Å². The molecule has 1 unspecified atom stereocenters. The van der Waals surface area contributed by atoms with Crippen LogP contribution in [0.15, 0.2) is 54.6 Å². The number of hydrogen-bond donors (Lipinski definition) is 0. The van der Waals surface area contributed by atoms with E-state index >= 15 is 0 Å². The van der Waals surface area contributed by atoms with Crippen LogP contribution >= 0.6 is 0 Å². The second kappa shape index (κ2) is 12.5. The summed E-state index contributed by atoms with van der Waals surface area (Å²) < 4.78 is 15.8. The van der Waals surface area contributed by atoms with Gasteiger partial charge in [0.2, 0.25) is 0 Å². The van der Waals surface area contributed by atoms with Crippen molar-refractivity contribution in [2.24, 2.45) is 5.92 Å². The van der Waals surface area contributed by atoms with Gasteiger partial charge in [-0.25, -0.2) is 4.79 Å². The number of esters is 2. The number of nitrogens with zero attached hydrogens (tertiary/aromatic N) is 1. The molecule has 0 N–H and O–H groups in total. The number of Topliss-reactive ketones (excluding diaryl/α,β-unsaturated/α-hetero) is 1. The molecular weight excluding hydrogens is 474 g/mol. The number of carbonyl (C=O) groups excluding carboxylic acids is 4. The van der Waals surface area contributed by atoms with E-state index < -0.39 is 35.6 Å². The maximum Gasteiger partial charge on any atom is 0.410 e. The van der Waals surface area contributed by atoms with Gasteiger partial charge in [-0.1, -0.05) is 60.2 Å². The molecule has 1 aliphatic rings. The van der Waals surface area contributed by atoms with Gasteiger partial charge in [-0.15, -0.1) is 0 Å². The van der Waals surface area contributed by atoms with Gasteiger partial charge in [0.1, 0.15) is 24.2 Å². The summed E-state index contributed by atoms with van der Waals surface area (Å²) in [6.07, 6.45) is -0.370. The largest absolute Gasteiger partial charge is 0.469 e. The third kappa shape index (κ3) is 6.96. The Bertz CT molecular complexity index is 1120. The molecule has 37 heavy (non-hydrogen) atoms. The molecule has 1 amide bonds. The van der Waals surface area contributed by atoms with Gasteiger partial charge >= 0.3 is 18.0 Å². The predicted octanol–water partition coefficient (Wildman–Crippen LogP) is 4.41. The highest BCUT2D eigenvalue weighted by Gasteiger charge is 2.51. The van der Waals surface area contributed by atoms with Crippen LogP contribution in [0.1, 0.15) is 49.8 Å². The summed E-state index contributed by atoms with van der Waals surface area (Å²) in [7, 11) is 1.23. The summed E-state index contributed by atoms with van der Waals surface area (Å²) in [5.41, 5.74) is 1.57. The van der Waals surface area contributed by atoms with Gasteiger partial charge in [0.15, 0.2) is 5.78 Å². The standard InChI is InChI=1S/C29H35NO7/c1-20-10-8-13-24(16-20)18-29(26(32)17-25(27(33)35-4)21(2)37-22(3)31)14-9-15-30(29)28(34)36-19-23-11-6-5-7-12-23/h5-8,10-13,16,21,25H,9,14-15,17-19H2,1-4H3/t21-,25+,29?/m1/s1. The number of carbonyl (C=O) groups is 4. The highest BCUT2D eigenvalue weighted by Crippen LogP contribution is 2.37. The van der Waals surface area contributed by atoms with Crippen LogP contribution in [0.5, 0.6) is 0 Å². The minimum Gasteiger partial charge on any atom is -0.469 e. The molecule has 1 heterocycles. The van der Waals surface area contributed by atoms with E-state index in [4.69, 9.17) is 14.2 Å².